The molecular weight excluding hydrogens is 323 g/mol. The molecule has 0 radical (unpaired) electrons. The number of alkyl halides is 3. The first kappa shape index (κ1) is 14.7. The summed E-state index contributed by atoms with van der Waals surface area (Å²) in [5, 5.41) is 2.92. The normalized spacial score (nSPS) is 17.5. The summed E-state index contributed by atoms with van der Waals surface area (Å²) >= 11 is 3.07. The van der Waals surface area contributed by atoms with Crippen LogP contribution in [0.3, 0.4) is 0 Å². The molecule has 1 aliphatic heterocycles. The van der Waals surface area contributed by atoms with Gasteiger partial charge in [0.05, 0.1) is 5.56 Å². The molecule has 0 aromatic heterocycles. The van der Waals surface area contributed by atoms with Gasteiger partial charge in [-0.2, -0.15) is 13.2 Å². The van der Waals surface area contributed by atoms with Crippen LogP contribution in [-0.2, 0) is 10.9 Å². The van der Waals surface area contributed by atoms with Gasteiger partial charge in [-0.05, 0) is 37.0 Å². The van der Waals surface area contributed by atoms with Gasteiger partial charge < -0.3 is 10.1 Å². The molecule has 1 fully saturated rings. The Hall–Kier alpha value is -0.750. The van der Waals surface area contributed by atoms with Crippen molar-refractivity contribution in [1.82, 2.24) is 0 Å². The van der Waals surface area contributed by atoms with Crippen LogP contribution in [0.5, 0.6) is 0 Å². The van der Waals surface area contributed by atoms with E-state index in [0.29, 0.717) is 30.1 Å². The van der Waals surface area contributed by atoms with Crippen LogP contribution in [0, 0.1) is 5.92 Å². The summed E-state index contributed by atoms with van der Waals surface area (Å²) in [6, 6.07) is 4.18. The lowest BCUT2D eigenvalue weighted by atomic mass is 10.00. The van der Waals surface area contributed by atoms with E-state index in [0.717, 1.165) is 18.9 Å². The second kappa shape index (κ2) is 6.13. The third-order valence-corrected chi connectivity index (χ3v) is 3.70. The molecule has 1 aromatic carbocycles. The third-order valence-electron chi connectivity index (χ3n) is 3.21. The summed E-state index contributed by atoms with van der Waals surface area (Å²) in [6.07, 6.45) is -2.56. The van der Waals surface area contributed by atoms with Gasteiger partial charge in [-0.3, -0.25) is 0 Å². The van der Waals surface area contributed by atoms with Gasteiger partial charge >= 0.3 is 6.18 Å². The minimum atomic E-state index is -4.35. The Kier molecular flexibility index (Phi) is 4.73. The molecule has 1 aromatic rings. The summed E-state index contributed by atoms with van der Waals surface area (Å²) in [5.74, 6) is 0.374. The first-order valence-corrected chi connectivity index (χ1v) is 6.94. The predicted octanol–water partition coefficient (Wildman–Crippen LogP) is 4.31. The van der Waals surface area contributed by atoms with Crippen molar-refractivity contribution in [2.24, 2.45) is 5.92 Å². The molecule has 19 heavy (non-hydrogen) atoms. The number of ether oxygens (including phenoxy) is 1. The molecule has 0 aliphatic carbocycles. The number of rotatable bonds is 3. The highest BCUT2D eigenvalue weighted by atomic mass is 79.9. The molecular formula is C13H15BrF3NO. The van der Waals surface area contributed by atoms with Crippen LogP contribution in [0.15, 0.2) is 22.7 Å². The van der Waals surface area contributed by atoms with E-state index in [2.05, 4.69) is 21.2 Å². The van der Waals surface area contributed by atoms with Crippen molar-refractivity contribution in [3.05, 3.63) is 28.2 Å². The van der Waals surface area contributed by atoms with Gasteiger partial charge in [0.15, 0.2) is 0 Å². The van der Waals surface area contributed by atoms with Crippen LogP contribution in [-0.4, -0.2) is 19.8 Å². The Bertz CT molecular complexity index is 430. The average Bonchev–Trinajstić information content (AvgIpc) is 2.37. The van der Waals surface area contributed by atoms with E-state index in [-0.39, 0.29) is 5.69 Å². The van der Waals surface area contributed by atoms with Gasteiger partial charge in [-0.1, -0.05) is 15.9 Å². The van der Waals surface area contributed by atoms with Crippen LogP contribution >= 0.6 is 15.9 Å². The smallest absolute Gasteiger partial charge is 0.384 e. The average molecular weight is 338 g/mol. The maximum absolute atomic E-state index is 12.9. The van der Waals surface area contributed by atoms with Gasteiger partial charge in [-0.15, -0.1) is 0 Å². The van der Waals surface area contributed by atoms with Crippen LogP contribution in [0.4, 0.5) is 18.9 Å². The Balaban J connectivity index is 2.06. The maximum Gasteiger partial charge on any atom is 0.418 e. The van der Waals surface area contributed by atoms with Crippen LogP contribution in [0.2, 0.25) is 0 Å². The Labute approximate surface area is 118 Å². The predicted molar refractivity (Wildman–Crippen MR) is 71.2 cm³/mol. The van der Waals surface area contributed by atoms with Crippen molar-refractivity contribution in [3.8, 4) is 0 Å². The molecule has 0 amide bonds. The zero-order valence-electron chi connectivity index (χ0n) is 10.3. The molecule has 2 nitrogen and oxygen atoms in total. The highest BCUT2D eigenvalue weighted by Crippen LogP contribution is 2.36. The van der Waals surface area contributed by atoms with E-state index in [1.807, 2.05) is 0 Å². The van der Waals surface area contributed by atoms with Crippen molar-refractivity contribution >= 4 is 21.6 Å². The summed E-state index contributed by atoms with van der Waals surface area (Å²) in [7, 11) is 0. The topological polar surface area (TPSA) is 21.3 Å². The molecule has 1 N–H and O–H groups in total. The van der Waals surface area contributed by atoms with Crippen molar-refractivity contribution in [2.45, 2.75) is 19.0 Å². The summed E-state index contributed by atoms with van der Waals surface area (Å²) in [5.41, 5.74) is -0.490. The lowest BCUT2D eigenvalue weighted by Gasteiger charge is -2.23. The number of benzene rings is 1. The SMILES string of the molecule is FC(F)(F)c1cc(Br)ccc1NCC1CCOCC1. The molecule has 1 heterocycles. The van der Waals surface area contributed by atoms with Gasteiger partial charge in [0.25, 0.3) is 0 Å². The lowest BCUT2D eigenvalue weighted by Crippen LogP contribution is -2.23. The second-order valence-electron chi connectivity index (χ2n) is 4.62. The Morgan fingerprint density at radius 2 is 1.95 bits per heavy atom. The first-order valence-electron chi connectivity index (χ1n) is 6.15. The number of anilines is 1. The highest BCUT2D eigenvalue weighted by Gasteiger charge is 2.33. The molecule has 0 bridgehead atoms. The van der Waals surface area contributed by atoms with Crippen LogP contribution in [0.1, 0.15) is 18.4 Å². The van der Waals surface area contributed by atoms with E-state index in [1.165, 1.54) is 6.07 Å². The van der Waals surface area contributed by atoms with Gasteiger partial charge in [-0.25, -0.2) is 0 Å². The molecule has 0 atom stereocenters. The van der Waals surface area contributed by atoms with E-state index in [4.69, 9.17) is 4.74 Å². The number of nitrogens with one attached hydrogen (secondary N) is 1. The minimum Gasteiger partial charge on any atom is -0.384 e. The van der Waals surface area contributed by atoms with Crippen molar-refractivity contribution in [2.75, 3.05) is 25.1 Å². The standard InChI is InChI=1S/C13H15BrF3NO/c14-10-1-2-12(11(7-10)13(15,16)17)18-8-9-3-5-19-6-4-9/h1-2,7,9,18H,3-6,8H2. The van der Waals surface area contributed by atoms with Gasteiger partial charge in [0.2, 0.25) is 0 Å². The highest BCUT2D eigenvalue weighted by molar-refractivity contribution is 9.10. The molecule has 0 spiro atoms. The van der Waals surface area contributed by atoms with Crippen molar-refractivity contribution in [1.29, 1.82) is 0 Å². The quantitative estimate of drug-likeness (QED) is 0.887. The molecule has 106 valence electrons. The van der Waals surface area contributed by atoms with E-state index < -0.39 is 11.7 Å². The number of hydrogen-bond donors (Lipinski definition) is 1. The Morgan fingerprint density at radius 1 is 1.26 bits per heavy atom. The molecule has 1 saturated heterocycles. The number of hydrogen-bond acceptors (Lipinski definition) is 2. The fraction of sp³-hybridized carbons (Fsp3) is 0.538. The van der Waals surface area contributed by atoms with E-state index in [9.17, 15) is 13.2 Å². The zero-order chi connectivity index (χ0) is 13.9. The van der Waals surface area contributed by atoms with Gasteiger partial charge in [0, 0.05) is 29.9 Å². The monoisotopic (exact) mass is 337 g/mol. The fourth-order valence-corrected chi connectivity index (χ4v) is 2.47. The minimum absolute atomic E-state index is 0.141. The molecule has 0 unspecified atom stereocenters. The Morgan fingerprint density at radius 3 is 2.58 bits per heavy atom. The van der Waals surface area contributed by atoms with Crippen LogP contribution in [0.25, 0.3) is 0 Å². The van der Waals surface area contributed by atoms with E-state index in [1.54, 1.807) is 6.07 Å². The first-order chi connectivity index (χ1) is 8.97. The summed E-state index contributed by atoms with van der Waals surface area (Å²) in [6.45, 7) is 1.94. The van der Waals surface area contributed by atoms with E-state index >= 15 is 0 Å². The fourth-order valence-electron chi connectivity index (χ4n) is 2.11. The zero-order valence-corrected chi connectivity index (χ0v) is 11.9. The molecule has 6 heteroatoms. The number of halogens is 4. The lowest BCUT2D eigenvalue weighted by molar-refractivity contribution is -0.137. The molecule has 2 rings (SSSR count). The maximum atomic E-state index is 12.9. The largest absolute Gasteiger partial charge is 0.418 e. The molecule has 1 aliphatic rings. The summed E-state index contributed by atoms with van der Waals surface area (Å²) < 4.78 is 44.4. The van der Waals surface area contributed by atoms with Gasteiger partial charge in [0.1, 0.15) is 0 Å². The summed E-state index contributed by atoms with van der Waals surface area (Å²) in [4.78, 5) is 0. The van der Waals surface area contributed by atoms with Crippen LogP contribution < -0.4 is 5.32 Å². The third kappa shape index (κ3) is 4.11. The van der Waals surface area contributed by atoms with Crippen molar-refractivity contribution < 1.29 is 17.9 Å². The van der Waals surface area contributed by atoms with Crippen molar-refractivity contribution in [3.63, 3.8) is 0 Å². The second-order valence-corrected chi connectivity index (χ2v) is 5.54. The molecule has 0 saturated carbocycles.